The molecule has 2 aromatic carbocycles. The molecule has 0 radical (unpaired) electrons. The summed E-state index contributed by atoms with van der Waals surface area (Å²) in [7, 11) is -4.49. The second kappa shape index (κ2) is 7.85. The van der Waals surface area contributed by atoms with Gasteiger partial charge in [-0.1, -0.05) is 36.4 Å². The van der Waals surface area contributed by atoms with Gasteiger partial charge in [0.25, 0.3) is 0 Å². The van der Waals surface area contributed by atoms with E-state index in [1.807, 2.05) is 18.2 Å². The largest absolute Gasteiger partial charge is 0.524 e. The third-order valence-electron chi connectivity index (χ3n) is 1.97. The third kappa shape index (κ3) is 5.02. The highest BCUT2D eigenvalue weighted by Gasteiger charge is 2.16. The lowest BCUT2D eigenvalue weighted by Gasteiger charge is -2.09. The minimum Gasteiger partial charge on any atom is -0.404 e. The van der Waals surface area contributed by atoms with Crippen LogP contribution in [0.4, 0.5) is 0 Å². The first-order valence-electron chi connectivity index (χ1n) is 4.29. The summed E-state index contributed by atoms with van der Waals surface area (Å²) in [6, 6.07) is 12.3. The molecule has 0 aliphatic heterocycles. The molecule has 0 fully saturated rings. The summed E-state index contributed by atoms with van der Waals surface area (Å²) in [5, 5.41) is 1.56. The van der Waals surface area contributed by atoms with E-state index in [9.17, 15) is 4.57 Å². The molecule has 4 nitrogen and oxygen atoms in total. The van der Waals surface area contributed by atoms with Crippen molar-refractivity contribution in [2.24, 2.45) is 0 Å². The van der Waals surface area contributed by atoms with Gasteiger partial charge >= 0.3 is 7.82 Å². The summed E-state index contributed by atoms with van der Waals surface area (Å²) >= 11 is 0. The number of fused-ring (bicyclic) bond motifs is 1. The van der Waals surface area contributed by atoms with Crippen LogP contribution in [0.1, 0.15) is 0 Å². The van der Waals surface area contributed by atoms with Crippen molar-refractivity contribution in [3.63, 3.8) is 0 Å². The molecule has 2 rings (SSSR count). The Morgan fingerprint density at radius 2 is 1.44 bits per heavy atom. The van der Waals surface area contributed by atoms with Crippen molar-refractivity contribution in [1.29, 1.82) is 0 Å². The SMILES string of the molecule is Cl.Cl.Cl.O=P(O)(O)Oc1cccc2ccccc12. The maximum atomic E-state index is 10.7. The Balaban J connectivity index is 0. The summed E-state index contributed by atoms with van der Waals surface area (Å²) in [4.78, 5) is 17.4. The summed E-state index contributed by atoms with van der Waals surface area (Å²) in [6.45, 7) is 0. The molecule has 0 atom stereocenters. The van der Waals surface area contributed by atoms with Gasteiger partial charge in [-0.15, -0.1) is 37.2 Å². The van der Waals surface area contributed by atoms with Crippen LogP contribution in [0.15, 0.2) is 42.5 Å². The molecule has 18 heavy (non-hydrogen) atoms. The van der Waals surface area contributed by atoms with Crippen LogP contribution in [0, 0.1) is 0 Å². The van der Waals surface area contributed by atoms with Gasteiger partial charge in [0, 0.05) is 5.39 Å². The fourth-order valence-corrected chi connectivity index (χ4v) is 1.82. The summed E-state index contributed by atoms with van der Waals surface area (Å²) < 4.78 is 15.3. The summed E-state index contributed by atoms with van der Waals surface area (Å²) in [5.74, 6) is 0.196. The first-order chi connectivity index (χ1) is 7.06. The topological polar surface area (TPSA) is 66.8 Å². The lowest BCUT2D eigenvalue weighted by atomic mass is 10.1. The standard InChI is InChI=1S/C10H9O4P.3ClH/c11-15(12,13)14-10-7-3-5-8-4-1-2-6-9(8)10;;;/h1-7H,(H2,11,12,13);3*1H. The molecule has 0 spiro atoms. The van der Waals surface area contributed by atoms with Gasteiger partial charge in [-0.05, 0) is 11.5 Å². The molecule has 0 aliphatic rings. The molecular weight excluding hydrogens is 321 g/mol. The highest BCUT2D eigenvalue weighted by atomic mass is 35.5. The van der Waals surface area contributed by atoms with Crippen molar-refractivity contribution in [3.05, 3.63) is 42.5 Å². The minimum absolute atomic E-state index is 0. The Hall–Kier alpha value is -0.480. The number of benzene rings is 2. The van der Waals surface area contributed by atoms with E-state index in [1.54, 1.807) is 18.2 Å². The zero-order valence-electron chi connectivity index (χ0n) is 8.92. The molecule has 0 heterocycles. The van der Waals surface area contributed by atoms with E-state index in [4.69, 9.17) is 9.79 Å². The number of halogens is 3. The number of rotatable bonds is 2. The molecule has 0 bridgehead atoms. The summed E-state index contributed by atoms with van der Waals surface area (Å²) in [5.41, 5.74) is 0. The molecule has 0 aromatic heterocycles. The smallest absolute Gasteiger partial charge is 0.404 e. The minimum atomic E-state index is -4.49. The average molecular weight is 334 g/mol. The van der Waals surface area contributed by atoms with Gasteiger partial charge in [-0.3, -0.25) is 9.79 Å². The van der Waals surface area contributed by atoms with Crippen LogP contribution in [0.25, 0.3) is 10.8 Å². The Labute approximate surface area is 123 Å². The lowest BCUT2D eigenvalue weighted by molar-refractivity contribution is 0.284. The zero-order valence-corrected chi connectivity index (χ0v) is 12.3. The maximum Gasteiger partial charge on any atom is 0.524 e. The lowest BCUT2D eigenvalue weighted by Crippen LogP contribution is -1.90. The van der Waals surface area contributed by atoms with E-state index in [-0.39, 0.29) is 43.0 Å². The van der Waals surface area contributed by atoms with E-state index < -0.39 is 7.82 Å². The normalized spacial score (nSPS) is 9.67. The van der Waals surface area contributed by atoms with Crippen molar-refractivity contribution in [2.75, 3.05) is 0 Å². The first kappa shape index (κ1) is 19.9. The van der Waals surface area contributed by atoms with Crippen molar-refractivity contribution in [1.82, 2.24) is 0 Å². The van der Waals surface area contributed by atoms with Gasteiger partial charge in [0.05, 0.1) is 0 Å². The van der Waals surface area contributed by atoms with E-state index in [0.717, 1.165) is 5.39 Å². The van der Waals surface area contributed by atoms with Crippen molar-refractivity contribution in [2.45, 2.75) is 0 Å². The molecule has 0 unspecified atom stereocenters. The maximum absolute atomic E-state index is 10.7. The predicted molar refractivity (Wildman–Crippen MR) is 78.4 cm³/mol. The molecule has 0 amide bonds. The van der Waals surface area contributed by atoms with Crippen LogP contribution in [0.5, 0.6) is 5.75 Å². The van der Waals surface area contributed by atoms with Crippen molar-refractivity contribution < 1.29 is 18.9 Å². The fraction of sp³-hybridized carbons (Fsp3) is 0. The van der Waals surface area contributed by atoms with Crippen molar-refractivity contribution in [3.8, 4) is 5.75 Å². The number of hydrogen-bond acceptors (Lipinski definition) is 2. The Morgan fingerprint density at radius 3 is 2.06 bits per heavy atom. The molecule has 2 aromatic rings. The fourth-order valence-electron chi connectivity index (χ4n) is 1.40. The van der Waals surface area contributed by atoms with Gasteiger partial charge in [-0.25, -0.2) is 4.57 Å². The van der Waals surface area contributed by atoms with Crippen LogP contribution in [0.3, 0.4) is 0 Å². The van der Waals surface area contributed by atoms with Crippen LogP contribution in [0.2, 0.25) is 0 Å². The Kier molecular flexibility index (Phi) is 8.65. The second-order valence-electron chi connectivity index (χ2n) is 3.06. The Bertz CT molecular complexity index is 538. The quantitative estimate of drug-likeness (QED) is 0.824. The van der Waals surface area contributed by atoms with E-state index in [2.05, 4.69) is 4.52 Å². The van der Waals surface area contributed by atoms with Crippen LogP contribution >= 0.6 is 45.0 Å². The molecule has 0 aliphatic carbocycles. The number of phosphoric acid groups is 1. The first-order valence-corrected chi connectivity index (χ1v) is 5.82. The van der Waals surface area contributed by atoms with E-state index in [1.165, 1.54) is 6.07 Å². The number of phosphoric ester groups is 1. The molecule has 102 valence electrons. The average Bonchev–Trinajstić information content (AvgIpc) is 2.16. The van der Waals surface area contributed by atoms with Gasteiger partial charge in [0.15, 0.2) is 0 Å². The number of hydrogen-bond donors (Lipinski definition) is 2. The summed E-state index contributed by atoms with van der Waals surface area (Å²) in [6.07, 6.45) is 0. The second-order valence-corrected chi connectivity index (χ2v) is 4.22. The highest BCUT2D eigenvalue weighted by molar-refractivity contribution is 7.46. The molecule has 0 saturated heterocycles. The predicted octanol–water partition coefficient (Wildman–Crippen LogP) is 3.58. The molecule has 8 heteroatoms. The van der Waals surface area contributed by atoms with E-state index in [0.29, 0.717) is 5.39 Å². The molecule has 0 saturated carbocycles. The van der Waals surface area contributed by atoms with Crippen LogP contribution in [-0.2, 0) is 4.57 Å². The van der Waals surface area contributed by atoms with Crippen molar-refractivity contribution >= 4 is 55.8 Å². The van der Waals surface area contributed by atoms with Crippen LogP contribution < -0.4 is 4.52 Å². The molecule has 2 N–H and O–H groups in total. The van der Waals surface area contributed by atoms with Gasteiger partial charge in [-0.2, -0.15) is 0 Å². The highest BCUT2D eigenvalue weighted by Crippen LogP contribution is 2.40. The Morgan fingerprint density at radius 1 is 0.889 bits per heavy atom. The van der Waals surface area contributed by atoms with Gasteiger partial charge < -0.3 is 4.52 Å². The zero-order chi connectivity index (χ0) is 10.9. The van der Waals surface area contributed by atoms with Crippen LogP contribution in [-0.4, -0.2) is 9.79 Å². The van der Waals surface area contributed by atoms with Gasteiger partial charge in [0.1, 0.15) is 5.75 Å². The monoisotopic (exact) mass is 332 g/mol. The third-order valence-corrected chi connectivity index (χ3v) is 2.40. The van der Waals surface area contributed by atoms with E-state index >= 15 is 0 Å². The van der Waals surface area contributed by atoms with Gasteiger partial charge in [0.2, 0.25) is 0 Å². The molecular formula is C10H12Cl3O4P.